The maximum atomic E-state index is 5.43. The second-order valence-corrected chi connectivity index (χ2v) is 5.44. The summed E-state index contributed by atoms with van der Waals surface area (Å²) in [5.41, 5.74) is 3.58. The molecule has 1 aromatic heterocycles. The Bertz CT molecular complexity index is 625. The molecule has 4 nitrogen and oxygen atoms in total. The number of nitrogens with one attached hydrogen (secondary N) is 1. The maximum Gasteiger partial charge on any atom is 0.178 e. The number of H-pyrrole nitrogens is 1. The topological polar surface area (TPSA) is 33.2 Å². The molecule has 0 atom stereocenters. The average molecular weight is 277 g/mol. The fraction of sp³-hybridized carbons (Fsp3) is 0.500. The first-order valence-corrected chi connectivity index (χ1v) is 7.14. The number of aromatic nitrogens is 2. The van der Waals surface area contributed by atoms with Crippen LogP contribution in [0.2, 0.25) is 0 Å². The van der Waals surface area contributed by atoms with Crippen molar-refractivity contribution in [2.45, 2.75) is 13.5 Å². The molecule has 2 aromatic rings. The van der Waals surface area contributed by atoms with Gasteiger partial charge in [-0.1, -0.05) is 6.07 Å². The number of rotatable bonds is 3. The standard InChI is InChI=1S/C14H19N3OS/c1-11-2-3-13-12(10-11)15-14(19)17(13)5-4-16-6-8-18-9-7-16/h2-3,10H,4-9H2,1H3,(H,15,19). The van der Waals surface area contributed by atoms with E-state index in [1.54, 1.807) is 0 Å². The fourth-order valence-electron chi connectivity index (χ4n) is 2.57. The highest BCUT2D eigenvalue weighted by molar-refractivity contribution is 7.71. The molecule has 1 fully saturated rings. The lowest BCUT2D eigenvalue weighted by atomic mass is 10.2. The quantitative estimate of drug-likeness (QED) is 0.874. The number of aromatic amines is 1. The van der Waals surface area contributed by atoms with Crippen LogP contribution in [-0.2, 0) is 11.3 Å². The Hall–Kier alpha value is -1.17. The number of hydrogen-bond donors (Lipinski definition) is 1. The number of imidazole rings is 1. The zero-order valence-electron chi connectivity index (χ0n) is 11.2. The first-order chi connectivity index (χ1) is 9.24. The van der Waals surface area contributed by atoms with Crippen molar-refractivity contribution in [3.63, 3.8) is 0 Å². The smallest absolute Gasteiger partial charge is 0.178 e. The van der Waals surface area contributed by atoms with Crippen LogP contribution in [0, 0.1) is 11.7 Å². The van der Waals surface area contributed by atoms with Crippen LogP contribution in [-0.4, -0.2) is 47.3 Å². The molecule has 1 N–H and O–H groups in total. The minimum atomic E-state index is 0.814. The van der Waals surface area contributed by atoms with Gasteiger partial charge in [-0.05, 0) is 36.8 Å². The SMILES string of the molecule is Cc1ccc2c(c1)[nH]c(=S)n2CCN1CCOCC1. The molecule has 5 heteroatoms. The molecule has 3 rings (SSSR count). The summed E-state index contributed by atoms with van der Waals surface area (Å²) in [5, 5.41) is 0. The van der Waals surface area contributed by atoms with Crippen LogP contribution in [0.15, 0.2) is 18.2 Å². The zero-order valence-corrected chi connectivity index (χ0v) is 12.0. The molecule has 0 aliphatic carbocycles. The average Bonchev–Trinajstić information content (AvgIpc) is 2.72. The second-order valence-electron chi connectivity index (χ2n) is 5.06. The van der Waals surface area contributed by atoms with Gasteiger partial charge in [0, 0.05) is 26.2 Å². The van der Waals surface area contributed by atoms with Gasteiger partial charge in [-0.2, -0.15) is 0 Å². The van der Waals surface area contributed by atoms with E-state index in [1.165, 1.54) is 11.1 Å². The number of fused-ring (bicyclic) bond motifs is 1. The molecular formula is C14H19N3OS. The third-order valence-corrected chi connectivity index (χ3v) is 4.00. The summed E-state index contributed by atoms with van der Waals surface area (Å²) in [6, 6.07) is 6.43. The number of nitrogens with zero attached hydrogens (tertiary/aromatic N) is 2. The number of benzene rings is 1. The van der Waals surface area contributed by atoms with E-state index >= 15 is 0 Å². The van der Waals surface area contributed by atoms with E-state index in [9.17, 15) is 0 Å². The first-order valence-electron chi connectivity index (χ1n) is 6.73. The predicted octanol–water partition coefficient (Wildman–Crippen LogP) is 2.34. The summed E-state index contributed by atoms with van der Waals surface area (Å²) in [6.45, 7) is 7.79. The summed E-state index contributed by atoms with van der Waals surface area (Å²) in [5.74, 6) is 0. The lowest BCUT2D eigenvalue weighted by Gasteiger charge is -2.26. The van der Waals surface area contributed by atoms with Gasteiger partial charge in [0.15, 0.2) is 4.77 Å². The molecule has 0 amide bonds. The highest BCUT2D eigenvalue weighted by Crippen LogP contribution is 2.16. The molecule has 0 bridgehead atoms. The molecule has 1 aliphatic heterocycles. The number of ether oxygens (including phenoxy) is 1. The van der Waals surface area contributed by atoms with Crippen molar-refractivity contribution in [3.05, 3.63) is 28.5 Å². The van der Waals surface area contributed by atoms with Crippen molar-refractivity contribution in [3.8, 4) is 0 Å². The summed E-state index contributed by atoms with van der Waals surface area (Å²) < 4.78 is 8.38. The van der Waals surface area contributed by atoms with Gasteiger partial charge in [0.2, 0.25) is 0 Å². The largest absolute Gasteiger partial charge is 0.379 e. The molecule has 1 saturated heterocycles. The van der Waals surface area contributed by atoms with E-state index in [-0.39, 0.29) is 0 Å². The van der Waals surface area contributed by atoms with Crippen molar-refractivity contribution < 1.29 is 4.74 Å². The lowest BCUT2D eigenvalue weighted by molar-refractivity contribution is 0.0365. The molecule has 2 heterocycles. The Morgan fingerprint density at radius 2 is 2.05 bits per heavy atom. The van der Waals surface area contributed by atoms with Crippen molar-refractivity contribution in [2.24, 2.45) is 0 Å². The Balaban J connectivity index is 1.80. The zero-order chi connectivity index (χ0) is 13.2. The van der Waals surface area contributed by atoms with Crippen LogP contribution in [0.25, 0.3) is 11.0 Å². The van der Waals surface area contributed by atoms with Crippen LogP contribution < -0.4 is 0 Å². The van der Waals surface area contributed by atoms with Crippen LogP contribution in [0.4, 0.5) is 0 Å². The highest BCUT2D eigenvalue weighted by atomic mass is 32.1. The molecule has 102 valence electrons. The number of hydrogen-bond acceptors (Lipinski definition) is 3. The van der Waals surface area contributed by atoms with E-state index in [1.807, 2.05) is 0 Å². The van der Waals surface area contributed by atoms with Crippen LogP contribution in [0.1, 0.15) is 5.56 Å². The molecule has 0 unspecified atom stereocenters. The van der Waals surface area contributed by atoms with Gasteiger partial charge in [-0.25, -0.2) is 0 Å². The van der Waals surface area contributed by atoms with Crippen LogP contribution in [0.3, 0.4) is 0 Å². The molecule has 0 radical (unpaired) electrons. The van der Waals surface area contributed by atoms with Crippen molar-refractivity contribution in [2.75, 3.05) is 32.8 Å². The Kier molecular flexibility index (Phi) is 3.68. The van der Waals surface area contributed by atoms with Crippen molar-refractivity contribution in [1.29, 1.82) is 0 Å². The van der Waals surface area contributed by atoms with Gasteiger partial charge < -0.3 is 14.3 Å². The predicted molar refractivity (Wildman–Crippen MR) is 79.1 cm³/mol. The molecule has 0 spiro atoms. The van der Waals surface area contributed by atoms with Crippen LogP contribution >= 0.6 is 12.2 Å². The first kappa shape index (κ1) is 12.8. The van der Waals surface area contributed by atoms with E-state index in [0.29, 0.717) is 0 Å². The molecule has 1 aromatic carbocycles. The molecule has 19 heavy (non-hydrogen) atoms. The van der Waals surface area contributed by atoms with E-state index < -0.39 is 0 Å². The van der Waals surface area contributed by atoms with Gasteiger partial charge in [0.25, 0.3) is 0 Å². The minimum absolute atomic E-state index is 0.814. The summed E-state index contributed by atoms with van der Waals surface area (Å²) in [4.78, 5) is 5.72. The van der Waals surface area contributed by atoms with Gasteiger partial charge >= 0.3 is 0 Å². The monoisotopic (exact) mass is 277 g/mol. The third kappa shape index (κ3) is 2.73. The highest BCUT2D eigenvalue weighted by Gasteiger charge is 2.11. The third-order valence-electron chi connectivity index (χ3n) is 3.67. The van der Waals surface area contributed by atoms with Gasteiger partial charge in [-0.15, -0.1) is 0 Å². The lowest BCUT2D eigenvalue weighted by Crippen LogP contribution is -2.38. The maximum absolute atomic E-state index is 5.43. The minimum Gasteiger partial charge on any atom is -0.379 e. The van der Waals surface area contributed by atoms with Gasteiger partial charge in [0.1, 0.15) is 0 Å². The van der Waals surface area contributed by atoms with E-state index in [4.69, 9.17) is 17.0 Å². The fourth-order valence-corrected chi connectivity index (χ4v) is 2.87. The van der Waals surface area contributed by atoms with E-state index in [0.717, 1.165) is 49.7 Å². The van der Waals surface area contributed by atoms with Gasteiger partial charge in [0.05, 0.1) is 24.2 Å². The summed E-state index contributed by atoms with van der Waals surface area (Å²) >= 11 is 5.43. The Morgan fingerprint density at radius 1 is 1.26 bits per heavy atom. The number of aryl methyl sites for hydroxylation is 1. The molecular weight excluding hydrogens is 258 g/mol. The molecule has 0 saturated carbocycles. The van der Waals surface area contributed by atoms with Crippen molar-refractivity contribution >= 4 is 23.3 Å². The Morgan fingerprint density at radius 3 is 2.84 bits per heavy atom. The van der Waals surface area contributed by atoms with Crippen molar-refractivity contribution in [1.82, 2.24) is 14.5 Å². The summed E-state index contributed by atoms with van der Waals surface area (Å²) in [6.07, 6.45) is 0. The molecule has 1 aliphatic rings. The summed E-state index contributed by atoms with van der Waals surface area (Å²) in [7, 11) is 0. The van der Waals surface area contributed by atoms with Crippen LogP contribution in [0.5, 0.6) is 0 Å². The Labute approximate surface area is 118 Å². The second kappa shape index (κ2) is 5.45. The normalized spacial score (nSPS) is 17.1. The van der Waals surface area contributed by atoms with Gasteiger partial charge in [-0.3, -0.25) is 4.90 Å². The number of morpholine rings is 1. The van der Waals surface area contributed by atoms with E-state index in [2.05, 4.69) is 39.6 Å².